The quantitative estimate of drug-likeness (QED) is 0.774. The van der Waals surface area contributed by atoms with Gasteiger partial charge in [-0.1, -0.05) is 64.8 Å². The molecule has 2 rings (SSSR count). The van der Waals surface area contributed by atoms with Crippen molar-refractivity contribution in [1.29, 1.82) is 0 Å². The van der Waals surface area contributed by atoms with Crippen LogP contribution in [0.15, 0.2) is 24.3 Å². The Labute approximate surface area is 113 Å². The van der Waals surface area contributed by atoms with E-state index in [1.54, 1.807) is 5.56 Å². The summed E-state index contributed by atoms with van der Waals surface area (Å²) >= 11 is 0. The van der Waals surface area contributed by atoms with Crippen molar-refractivity contribution in [2.45, 2.75) is 65.2 Å². The van der Waals surface area contributed by atoms with Crippen molar-refractivity contribution in [3.63, 3.8) is 0 Å². The summed E-state index contributed by atoms with van der Waals surface area (Å²) in [4.78, 5) is 0. The fourth-order valence-corrected chi connectivity index (χ4v) is 2.41. The van der Waals surface area contributed by atoms with Crippen molar-refractivity contribution < 1.29 is 5.11 Å². The zero-order valence-electron chi connectivity index (χ0n) is 12.7. The monoisotopic (exact) mass is 250 g/mol. The first-order chi connectivity index (χ1) is 8.77. The second kappa shape index (κ2) is 10.1. The lowest BCUT2D eigenvalue weighted by Crippen LogP contribution is -1.93. The molecule has 0 bridgehead atoms. The second-order valence-corrected chi connectivity index (χ2v) is 4.80. The van der Waals surface area contributed by atoms with Crippen LogP contribution in [0.25, 0.3) is 0 Å². The van der Waals surface area contributed by atoms with Crippen LogP contribution in [0.2, 0.25) is 0 Å². The molecule has 1 saturated carbocycles. The van der Waals surface area contributed by atoms with Crippen molar-refractivity contribution in [1.82, 2.24) is 0 Å². The molecule has 1 nitrogen and oxygen atoms in total. The van der Waals surface area contributed by atoms with E-state index < -0.39 is 0 Å². The Morgan fingerprint density at radius 3 is 1.78 bits per heavy atom. The van der Waals surface area contributed by atoms with Gasteiger partial charge in [0.25, 0.3) is 0 Å². The first-order valence-electron chi connectivity index (χ1n) is 7.32. The van der Waals surface area contributed by atoms with Gasteiger partial charge in [0.15, 0.2) is 0 Å². The molecule has 0 amide bonds. The Bertz CT molecular complexity index is 281. The molecule has 18 heavy (non-hydrogen) atoms. The summed E-state index contributed by atoms with van der Waals surface area (Å²) in [5.41, 5.74) is 3.03. The van der Waals surface area contributed by atoms with Crippen LogP contribution in [0.1, 0.15) is 76.3 Å². The highest BCUT2D eigenvalue weighted by Gasteiger charge is 2.16. The lowest BCUT2D eigenvalue weighted by Gasteiger charge is -2.11. The highest BCUT2D eigenvalue weighted by molar-refractivity contribution is 5.27. The molecular weight excluding hydrogens is 220 g/mol. The zero-order valence-corrected chi connectivity index (χ0v) is 12.7. The van der Waals surface area contributed by atoms with Gasteiger partial charge in [-0.25, -0.2) is 0 Å². The van der Waals surface area contributed by atoms with Crippen LogP contribution in [0, 0.1) is 0 Å². The van der Waals surface area contributed by atoms with Gasteiger partial charge < -0.3 is 5.11 Å². The normalized spacial score (nSPS) is 14.6. The first-order valence-corrected chi connectivity index (χ1v) is 7.32. The molecule has 0 saturated heterocycles. The van der Waals surface area contributed by atoms with Crippen LogP contribution in [-0.2, 0) is 0 Å². The molecule has 1 aliphatic rings. The summed E-state index contributed by atoms with van der Waals surface area (Å²) in [6.07, 6.45) is 5.66. The Morgan fingerprint density at radius 1 is 0.944 bits per heavy atom. The third-order valence-electron chi connectivity index (χ3n) is 3.43. The van der Waals surface area contributed by atoms with Crippen LogP contribution >= 0.6 is 0 Å². The van der Waals surface area contributed by atoms with E-state index in [1.165, 1.54) is 31.2 Å². The van der Waals surface area contributed by atoms with Crippen LogP contribution < -0.4 is 0 Å². The van der Waals surface area contributed by atoms with E-state index in [-0.39, 0.29) is 0 Å². The Balaban J connectivity index is 0.000000659. The SMILES string of the molecule is CC.CC(C)c1ccc(C2CCCC2)cc1.CO. The maximum Gasteiger partial charge on any atom is 0.0319 e. The molecule has 0 spiro atoms. The molecule has 104 valence electrons. The van der Waals surface area contributed by atoms with E-state index in [0.29, 0.717) is 5.92 Å². The topological polar surface area (TPSA) is 20.2 Å². The Hall–Kier alpha value is -0.820. The fourth-order valence-electron chi connectivity index (χ4n) is 2.41. The van der Waals surface area contributed by atoms with Gasteiger partial charge in [-0.15, -0.1) is 0 Å². The van der Waals surface area contributed by atoms with Gasteiger partial charge in [-0.2, -0.15) is 0 Å². The van der Waals surface area contributed by atoms with E-state index in [1.807, 2.05) is 13.8 Å². The van der Waals surface area contributed by atoms with Gasteiger partial charge in [0, 0.05) is 7.11 Å². The standard InChI is InChI=1S/C14H20.C2H6.CH4O/c1-11(2)12-7-9-14(10-8-12)13-5-3-4-6-13;2*1-2/h7-11,13H,3-6H2,1-2H3;1-2H3;2H,1H3. The van der Waals surface area contributed by atoms with E-state index >= 15 is 0 Å². The molecule has 0 unspecified atom stereocenters. The molecule has 1 fully saturated rings. The van der Waals surface area contributed by atoms with E-state index in [0.717, 1.165) is 13.0 Å². The third kappa shape index (κ3) is 5.22. The molecule has 1 N–H and O–H groups in total. The molecule has 0 atom stereocenters. The van der Waals surface area contributed by atoms with Crippen LogP contribution in [0.3, 0.4) is 0 Å². The van der Waals surface area contributed by atoms with Gasteiger partial charge in [0.2, 0.25) is 0 Å². The molecular formula is C17H30O. The second-order valence-electron chi connectivity index (χ2n) is 4.80. The highest BCUT2D eigenvalue weighted by atomic mass is 16.2. The minimum atomic E-state index is 0.660. The van der Waals surface area contributed by atoms with E-state index in [9.17, 15) is 0 Å². The predicted molar refractivity (Wildman–Crippen MR) is 81.2 cm³/mol. The molecule has 1 heteroatoms. The first kappa shape index (κ1) is 17.2. The minimum Gasteiger partial charge on any atom is -0.400 e. The number of benzene rings is 1. The van der Waals surface area contributed by atoms with Crippen molar-refractivity contribution in [2.75, 3.05) is 7.11 Å². The molecule has 1 aromatic rings. The van der Waals surface area contributed by atoms with Crippen molar-refractivity contribution in [2.24, 2.45) is 0 Å². The lowest BCUT2D eigenvalue weighted by atomic mass is 9.94. The van der Waals surface area contributed by atoms with Gasteiger partial charge in [0.1, 0.15) is 0 Å². The minimum absolute atomic E-state index is 0.660. The molecule has 1 aliphatic carbocycles. The van der Waals surface area contributed by atoms with E-state index in [2.05, 4.69) is 38.1 Å². The number of aliphatic hydroxyl groups is 1. The largest absolute Gasteiger partial charge is 0.400 e. The third-order valence-corrected chi connectivity index (χ3v) is 3.43. The molecule has 0 heterocycles. The molecule has 0 aromatic heterocycles. The number of hydrogen-bond donors (Lipinski definition) is 1. The number of aliphatic hydroxyl groups excluding tert-OH is 1. The molecule has 1 aromatic carbocycles. The van der Waals surface area contributed by atoms with Crippen molar-refractivity contribution >= 4 is 0 Å². The fraction of sp³-hybridized carbons (Fsp3) is 0.647. The zero-order chi connectivity index (χ0) is 14.0. The molecule has 0 radical (unpaired) electrons. The smallest absolute Gasteiger partial charge is 0.0319 e. The van der Waals surface area contributed by atoms with E-state index in [4.69, 9.17) is 5.11 Å². The predicted octanol–water partition coefficient (Wildman–Crippen LogP) is 5.10. The maximum absolute atomic E-state index is 7.00. The highest BCUT2D eigenvalue weighted by Crippen LogP contribution is 2.34. The van der Waals surface area contributed by atoms with Gasteiger partial charge >= 0.3 is 0 Å². The average molecular weight is 250 g/mol. The van der Waals surface area contributed by atoms with Crippen LogP contribution in [0.4, 0.5) is 0 Å². The summed E-state index contributed by atoms with van der Waals surface area (Å²) < 4.78 is 0. The Kier molecular flexibility index (Phi) is 9.67. The van der Waals surface area contributed by atoms with Gasteiger partial charge in [0.05, 0.1) is 0 Å². The average Bonchev–Trinajstić information content (AvgIpc) is 2.97. The summed E-state index contributed by atoms with van der Waals surface area (Å²) in [5, 5.41) is 7.00. The van der Waals surface area contributed by atoms with Crippen LogP contribution in [-0.4, -0.2) is 12.2 Å². The Morgan fingerprint density at radius 2 is 1.39 bits per heavy atom. The summed E-state index contributed by atoms with van der Waals surface area (Å²) in [6, 6.07) is 9.28. The lowest BCUT2D eigenvalue weighted by molar-refractivity contribution is 0.399. The van der Waals surface area contributed by atoms with Gasteiger partial charge in [-0.05, 0) is 35.8 Å². The van der Waals surface area contributed by atoms with Crippen LogP contribution in [0.5, 0.6) is 0 Å². The number of rotatable bonds is 2. The van der Waals surface area contributed by atoms with Gasteiger partial charge in [-0.3, -0.25) is 0 Å². The summed E-state index contributed by atoms with van der Waals surface area (Å²) in [7, 11) is 1.00. The summed E-state index contributed by atoms with van der Waals surface area (Å²) in [5.74, 6) is 1.52. The number of hydrogen-bond acceptors (Lipinski definition) is 1. The summed E-state index contributed by atoms with van der Waals surface area (Å²) in [6.45, 7) is 8.51. The van der Waals surface area contributed by atoms with Crippen molar-refractivity contribution in [3.8, 4) is 0 Å². The molecule has 0 aliphatic heterocycles. The maximum atomic E-state index is 7.00. The van der Waals surface area contributed by atoms with Crippen molar-refractivity contribution in [3.05, 3.63) is 35.4 Å².